The number of ether oxygens (including phenoxy) is 2. The molecule has 3 amide bonds. The van der Waals surface area contributed by atoms with Gasteiger partial charge in [0.25, 0.3) is 5.91 Å². The molecule has 1 aromatic rings. The van der Waals surface area contributed by atoms with Crippen LogP contribution in [0, 0.1) is 5.92 Å². The first kappa shape index (κ1) is 18.0. The van der Waals surface area contributed by atoms with Crippen LogP contribution in [0.1, 0.15) is 38.2 Å². The van der Waals surface area contributed by atoms with Crippen molar-refractivity contribution in [1.82, 2.24) is 10.2 Å². The van der Waals surface area contributed by atoms with Crippen LogP contribution in [0.15, 0.2) is 16.6 Å². The fourth-order valence-electron chi connectivity index (χ4n) is 3.86. The van der Waals surface area contributed by atoms with Crippen LogP contribution in [0.4, 0.5) is 4.79 Å². The monoisotopic (exact) mass is 410 g/mol. The minimum atomic E-state index is -0.748. The van der Waals surface area contributed by atoms with E-state index in [9.17, 15) is 9.59 Å². The molecule has 2 unspecified atom stereocenters. The second kappa shape index (κ2) is 6.86. The first-order valence-electron chi connectivity index (χ1n) is 8.47. The van der Waals surface area contributed by atoms with Crippen molar-refractivity contribution in [2.45, 2.75) is 44.7 Å². The molecule has 0 aromatic heterocycles. The number of carbonyl (C=O) groups excluding carboxylic acids is 2. The van der Waals surface area contributed by atoms with Gasteiger partial charge in [-0.15, -0.1) is 0 Å². The Balaban J connectivity index is 1.91. The lowest BCUT2D eigenvalue weighted by molar-refractivity contribution is -0.134. The number of benzene rings is 1. The number of methoxy groups -OCH3 is 2. The molecule has 136 valence electrons. The molecule has 2 fully saturated rings. The topological polar surface area (TPSA) is 67.9 Å². The van der Waals surface area contributed by atoms with Gasteiger partial charge in [0.2, 0.25) is 0 Å². The number of rotatable bonds is 4. The number of carbonyl (C=O) groups is 2. The fraction of sp³-hybridized carbons (Fsp3) is 0.556. The van der Waals surface area contributed by atoms with Gasteiger partial charge in [0.1, 0.15) is 17.0 Å². The number of hydrogen-bond acceptors (Lipinski definition) is 4. The lowest BCUT2D eigenvalue weighted by Gasteiger charge is -2.36. The maximum absolute atomic E-state index is 13.1. The molecular weight excluding hydrogens is 388 g/mol. The smallest absolute Gasteiger partial charge is 0.325 e. The highest BCUT2D eigenvalue weighted by atomic mass is 79.9. The summed E-state index contributed by atoms with van der Waals surface area (Å²) in [5, 5.41) is 2.97. The molecule has 25 heavy (non-hydrogen) atoms. The summed E-state index contributed by atoms with van der Waals surface area (Å²) in [4.78, 5) is 26.9. The summed E-state index contributed by atoms with van der Waals surface area (Å²) in [7, 11) is 3.14. The Morgan fingerprint density at radius 3 is 2.60 bits per heavy atom. The van der Waals surface area contributed by atoms with Crippen molar-refractivity contribution in [3.8, 4) is 11.5 Å². The highest BCUT2D eigenvalue weighted by Crippen LogP contribution is 2.40. The van der Waals surface area contributed by atoms with Crippen molar-refractivity contribution in [2.24, 2.45) is 5.92 Å². The normalized spacial score (nSPS) is 26.1. The Hall–Kier alpha value is -1.76. The van der Waals surface area contributed by atoms with Crippen molar-refractivity contribution >= 4 is 27.9 Å². The van der Waals surface area contributed by atoms with Gasteiger partial charge in [-0.3, -0.25) is 9.69 Å². The van der Waals surface area contributed by atoms with Gasteiger partial charge in [-0.1, -0.05) is 19.8 Å². The van der Waals surface area contributed by atoms with E-state index >= 15 is 0 Å². The molecule has 0 bridgehead atoms. The van der Waals surface area contributed by atoms with Gasteiger partial charge in [-0.25, -0.2) is 4.79 Å². The maximum atomic E-state index is 13.1. The second-order valence-corrected chi connectivity index (χ2v) is 7.59. The molecule has 6 nitrogen and oxygen atoms in total. The number of hydrogen-bond donors (Lipinski definition) is 1. The fourth-order valence-corrected chi connectivity index (χ4v) is 4.34. The molecule has 2 atom stereocenters. The van der Waals surface area contributed by atoms with Gasteiger partial charge < -0.3 is 14.8 Å². The number of nitrogens with zero attached hydrogens (tertiary/aromatic N) is 1. The Morgan fingerprint density at radius 1 is 1.24 bits per heavy atom. The summed E-state index contributed by atoms with van der Waals surface area (Å²) in [6, 6.07) is 3.24. The quantitative estimate of drug-likeness (QED) is 0.771. The summed E-state index contributed by atoms with van der Waals surface area (Å²) in [6.45, 7) is 2.20. The number of imide groups is 1. The molecule has 1 spiro atoms. The van der Waals surface area contributed by atoms with Crippen LogP contribution in [0.5, 0.6) is 11.5 Å². The zero-order valence-corrected chi connectivity index (χ0v) is 16.3. The highest BCUT2D eigenvalue weighted by molar-refractivity contribution is 9.10. The summed E-state index contributed by atoms with van der Waals surface area (Å²) < 4.78 is 11.5. The lowest BCUT2D eigenvalue weighted by atomic mass is 9.73. The van der Waals surface area contributed by atoms with Gasteiger partial charge in [-0.05, 0) is 46.8 Å². The minimum Gasteiger partial charge on any atom is -0.496 e. The molecule has 7 heteroatoms. The largest absolute Gasteiger partial charge is 0.496 e. The van der Waals surface area contributed by atoms with E-state index in [1.54, 1.807) is 26.4 Å². The van der Waals surface area contributed by atoms with Crippen LogP contribution in [-0.2, 0) is 11.3 Å². The average Bonchev–Trinajstić information content (AvgIpc) is 2.83. The van der Waals surface area contributed by atoms with Gasteiger partial charge >= 0.3 is 6.03 Å². The molecule has 1 heterocycles. The molecular formula is C18H23BrN2O4. The minimum absolute atomic E-state index is 0.131. The second-order valence-electron chi connectivity index (χ2n) is 6.74. The van der Waals surface area contributed by atoms with E-state index in [1.807, 2.05) is 6.92 Å². The van der Waals surface area contributed by atoms with E-state index in [0.717, 1.165) is 29.3 Å². The van der Waals surface area contributed by atoms with Crippen molar-refractivity contribution in [1.29, 1.82) is 0 Å². The van der Waals surface area contributed by atoms with E-state index in [1.165, 1.54) is 4.90 Å². The van der Waals surface area contributed by atoms with Crippen molar-refractivity contribution in [3.05, 3.63) is 22.2 Å². The predicted molar refractivity (Wildman–Crippen MR) is 96.7 cm³/mol. The van der Waals surface area contributed by atoms with E-state index in [4.69, 9.17) is 9.47 Å². The van der Waals surface area contributed by atoms with Crippen LogP contribution >= 0.6 is 15.9 Å². The molecule has 1 aromatic carbocycles. The Morgan fingerprint density at radius 2 is 1.96 bits per heavy atom. The number of urea groups is 1. The van der Waals surface area contributed by atoms with Gasteiger partial charge in [0.15, 0.2) is 0 Å². The molecule has 1 N–H and O–H groups in total. The van der Waals surface area contributed by atoms with Crippen molar-refractivity contribution < 1.29 is 19.1 Å². The zero-order valence-electron chi connectivity index (χ0n) is 14.7. The van der Waals surface area contributed by atoms with Crippen molar-refractivity contribution in [2.75, 3.05) is 14.2 Å². The van der Waals surface area contributed by atoms with E-state index in [0.29, 0.717) is 17.9 Å². The Bertz CT molecular complexity index is 709. The third kappa shape index (κ3) is 2.99. The number of halogens is 1. The van der Waals surface area contributed by atoms with Crippen molar-refractivity contribution in [3.63, 3.8) is 0 Å². The first-order chi connectivity index (χ1) is 11.9. The summed E-state index contributed by atoms with van der Waals surface area (Å²) in [5.41, 5.74) is -0.0197. The van der Waals surface area contributed by atoms with E-state index in [2.05, 4.69) is 21.2 Å². The van der Waals surface area contributed by atoms with Crippen LogP contribution < -0.4 is 14.8 Å². The van der Waals surface area contributed by atoms with E-state index in [-0.39, 0.29) is 24.4 Å². The molecule has 1 aliphatic heterocycles. The third-order valence-electron chi connectivity index (χ3n) is 5.38. The zero-order chi connectivity index (χ0) is 18.2. The van der Waals surface area contributed by atoms with Gasteiger partial charge in [0, 0.05) is 5.56 Å². The first-order valence-corrected chi connectivity index (χ1v) is 9.26. The summed E-state index contributed by atoms with van der Waals surface area (Å²) >= 11 is 3.42. The third-order valence-corrected chi connectivity index (χ3v) is 6.00. The number of nitrogens with one attached hydrogen (secondary N) is 1. The molecule has 2 aliphatic rings. The number of amides is 3. The highest BCUT2D eigenvalue weighted by Gasteiger charge is 2.54. The molecule has 1 saturated heterocycles. The Labute approximate surface area is 156 Å². The molecule has 1 aliphatic carbocycles. The van der Waals surface area contributed by atoms with Gasteiger partial charge in [0.05, 0.1) is 25.2 Å². The predicted octanol–water partition coefficient (Wildman–Crippen LogP) is 3.47. The van der Waals surface area contributed by atoms with Gasteiger partial charge in [-0.2, -0.15) is 0 Å². The standard InChI is InChI=1S/C18H23BrN2O4/c1-11-6-4-5-7-18(11)16(22)21(17(23)20-18)10-12-8-15(25-3)13(19)9-14(12)24-2/h8-9,11H,4-7,10H2,1-3H3,(H,20,23). The van der Waals surface area contributed by atoms with Crippen LogP contribution in [-0.4, -0.2) is 36.6 Å². The molecule has 3 rings (SSSR count). The molecule has 0 radical (unpaired) electrons. The Kier molecular flexibility index (Phi) is 4.95. The van der Waals surface area contributed by atoms with Crippen LogP contribution in [0.2, 0.25) is 0 Å². The van der Waals surface area contributed by atoms with Crippen LogP contribution in [0.25, 0.3) is 0 Å². The SMILES string of the molecule is COc1cc(CN2C(=O)NC3(CCCCC3C)C2=O)c(OC)cc1Br. The lowest BCUT2D eigenvalue weighted by Crippen LogP contribution is -2.53. The van der Waals surface area contributed by atoms with Crippen LogP contribution in [0.3, 0.4) is 0 Å². The summed E-state index contributed by atoms with van der Waals surface area (Å²) in [6.07, 6.45) is 3.72. The van der Waals surface area contributed by atoms with E-state index < -0.39 is 5.54 Å². The summed E-state index contributed by atoms with van der Waals surface area (Å²) in [5.74, 6) is 1.24. The average molecular weight is 411 g/mol. The maximum Gasteiger partial charge on any atom is 0.325 e. The molecule has 1 saturated carbocycles.